The molecule has 1 heterocycles. The second-order valence-electron chi connectivity index (χ2n) is 4.15. The molecule has 1 aromatic rings. The zero-order valence-corrected chi connectivity index (χ0v) is 10.7. The summed E-state index contributed by atoms with van der Waals surface area (Å²) in [6, 6.07) is 2.15. The van der Waals surface area contributed by atoms with Crippen molar-refractivity contribution in [2.45, 2.75) is 40.2 Å². The van der Waals surface area contributed by atoms with Crippen LogP contribution in [0.5, 0.6) is 0 Å². The van der Waals surface area contributed by atoms with Gasteiger partial charge in [-0.25, -0.2) is 9.97 Å². The van der Waals surface area contributed by atoms with Crippen LogP contribution in [-0.4, -0.2) is 29.1 Å². The fourth-order valence-electron chi connectivity index (χ4n) is 1.70. The molecule has 0 aromatic carbocycles. The van der Waals surface area contributed by atoms with Crippen LogP contribution in [-0.2, 0) is 6.42 Å². The zero-order chi connectivity index (χ0) is 12.1. The van der Waals surface area contributed by atoms with Crippen molar-refractivity contribution in [1.29, 1.82) is 0 Å². The molecule has 16 heavy (non-hydrogen) atoms. The Kier molecular flexibility index (Phi) is 4.68. The number of nitrogens with two attached hydrogens (primary N) is 1. The van der Waals surface area contributed by atoms with E-state index >= 15 is 0 Å². The summed E-state index contributed by atoms with van der Waals surface area (Å²) in [5.74, 6) is 0.820. The van der Waals surface area contributed by atoms with Crippen LogP contribution in [0, 0.1) is 6.92 Å². The number of aromatic nitrogens is 2. The molecule has 0 fully saturated rings. The van der Waals surface area contributed by atoms with Gasteiger partial charge in [0.2, 0.25) is 5.95 Å². The summed E-state index contributed by atoms with van der Waals surface area (Å²) < 4.78 is 0. The van der Waals surface area contributed by atoms with Gasteiger partial charge in [-0.05, 0) is 33.8 Å². The minimum Gasteiger partial charge on any atom is -0.341 e. The first-order chi connectivity index (χ1) is 7.56. The van der Waals surface area contributed by atoms with Crippen molar-refractivity contribution in [2.24, 2.45) is 5.73 Å². The molecule has 4 heteroatoms. The van der Waals surface area contributed by atoms with Crippen LogP contribution < -0.4 is 10.6 Å². The minimum atomic E-state index is 0.138. The summed E-state index contributed by atoms with van der Waals surface area (Å²) in [5, 5.41) is 0. The van der Waals surface area contributed by atoms with Gasteiger partial charge in [0, 0.05) is 36.9 Å². The van der Waals surface area contributed by atoms with Crippen LogP contribution in [0.3, 0.4) is 0 Å². The molecule has 0 radical (unpaired) electrons. The van der Waals surface area contributed by atoms with E-state index < -0.39 is 0 Å². The highest BCUT2D eigenvalue weighted by Crippen LogP contribution is 2.11. The molecule has 0 spiro atoms. The lowest BCUT2D eigenvalue weighted by atomic mass is 10.2. The smallest absolute Gasteiger partial charge is 0.225 e. The van der Waals surface area contributed by atoms with E-state index in [9.17, 15) is 0 Å². The molecule has 2 N–H and O–H groups in total. The van der Waals surface area contributed by atoms with Crippen molar-refractivity contribution in [1.82, 2.24) is 9.97 Å². The molecule has 1 aromatic heterocycles. The fourth-order valence-corrected chi connectivity index (χ4v) is 1.70. The number of nitrogens with zero attached hydrogens (tertiary/aromatic N) is 3. The summed E-state index contributed by atoms with van der Waals surface area (Å²) in [4.78, 5) is 11.2. The monoisotopic (exact) mass is 222 g/mol. The van der Waals surface area contributed by atoms with E-state index in [1.807, 2.05) is 19.9 Å². The first-order valence-electron chi connectivity index (χ1n) is 5.91. The average Bonchev–Trinajstić information content (AvgIpc) is 2.17. The maximum absolute atomic E-state index is 5.79. The van der Waals surface area contributed by atoms with E-state index in [0.29, 0.717) is 0 Å². The summed E-state index contributed by atoms with van der Waals surface area (Å²) >= 11 is 0. The van der Waals surface area contributed by atoms with E-state index in [1.165, 1.54) is 0 Å². The van der Waals surface area contributed by atoms with Gasteiger partial charge < -0.3 is 10.6 Å². The molecule has 1 rings (SSSR count). The summed E-state index contributed by atoms with van der Waals surface area (Å²) in [7, 11) is 0. The molecule has 0 aliphatic heterocycles. The van der Waals surface area contributed by atoms with Gasteiger partial charge in [-0.15, -0.1) is 0 Å². The third-order valence-electron chi connectivity index (χ3n) is 2.47. The number of aryl methyl sites for hydroxylation is 1. The average molecular weight is 222 g/mol. The maximum Gasteiger partial charge on any atom is 0.225 e. The zero-order valence-electron chi connectivity index (χ0n) is 10.7. The lowest BCUT2D eigenvalue weighted by Gasteiger charge is -2.19. The molecule has 4 nitrogen and oxygen atoms in total. The predicted octanol–water partition coefficient (Wildman–Crippen LogP) is 1.52. The maximum atomic E-state index is 5.79. The molecule has 0 amide bonds. The van der Waals surface area contributed by atoms with Crippen molar-refractivity contribution in [3.05, 3.63) is 17.5 Å². The first kappa shape index (κ1) is 12.9. The van der Waals surface area contributed by atoms with Gasteiger partial charge in [-0.3, -0.25) is 0 Å². The molecule has 0 bridgehead atoms. The number of rotatable bonds is 5. The Morgan fingerprint density at radius 2 is 1.94 bits per heavy atom. The highest BCUT2D eigenvalue weighted by Gasteiger charge is 2.08. The summed E-state index contributed by atoms with van der Waals surface area (Å²) in [6.45, 7) is 10.1. The molecule has 0 saturated heterocycles. The Morgan fingerprint density at radius 1 is 1.31 bits per heavy atom. The molecular formula is C12H22N4. The van der Waals surface area contributed by atoms with E-state index in [1.54, 1.807) is 0 Å². The lowest BCUT2D eigenvalue weighted by molar-refractivity contribution is 0.711. The van der Waals surface area contributed by atoms with Gasteiger partial charge in [0.1, 0.15) is 0 Å². The second kappa shape index (κ2) is 5.80. The van der Waals surface area contributed by atoms with E-state index in [0.717, 1.165) is 36.8 Å². The minimum absolute atomic E-state index is 0.138. The van der Waals surface area contributed by atoms with E-state index in [2.05, 4.69) is 28.7 Å². The quantitative estimate of drug-likeness (QED) is 0.820. The van der Waals surface area contributed by atoms with Crippen molar-refractivity contribution in [3.63, 3.8) is 0 Å². The van der Waals surface area contributed by atoms with Crippen LogP contribution >= 0.6 is 0 Å². The normalized spacial score (nSPS) is 12.6. The van der Waals surface area contributed by atoms with Crippen molar-refractivity contribution >= 4 is 5.95 Å². The Labute approximate surface area is 97.9 Å². The SMILES string of the molecule is CCN(CC)c1nc(C)cc(CC(C)N)n1. The van der Waals surface area contributed by atoms with Crippen LogP contribution in [0.4, 0.5) is 5.95 Å². The van der Waals surface area contributed by atoms with Gasteiger partial charge in [0.25, 0.3) is 0 Å². The highest BCUT2D eigenvalue weighted by atomic mass is 15.2. The van der Waals surface area contributed by atoms with Crippen molar-refractivity contribution < 1.29 is 0 Å². The lowest BCUT2D eigenvalue weighted by Crippen LogP contribution is -2.26. The van der Waals surface area contributed by atoms with Crippen LogP contribution in [0.1, 0.15) is 32.2 Å². The molecule has 1 atom stereocenters. The van der Waals surface area contributed by atoms with Crippen LogP contribution in [0.25, 0.3) is 0 Å². The number of anilines is 1. The Balaban J connectivity index is 2.97. The van der Waals surface area contributed by atoms with Gasteiger partial charge >= 0.3 is 0 Å². The van der Waals surface area contributed by atoms with E-state index in [-0.39, 0.29) is 6.04 Å². The number of hydrogen-bond donors (Lipinski definition) is 1. The topological polar surface area (TPSA) is 55.0 Å². The van der Waals surface area contributed by atoms with Gasteiger partial charge in [-0.2, -0.15) is 0 Å². The molecule has 1 unspecified atom stereocenters. The summed E-state index contributed by atoms with van der Waals surface area (Å²) in [6.07, 6.45) is 0.803. The van der Waals surface area contributed by atoms with Gasteiger partial charge in [-0.1, -0.05) is 0 Å². The molecular weight excluding hydrogens is 200 g/mol. The predicted molar refractivity (Wildman–Crippen MR) is 67.7 cm³/mol. The molecule has 90 valence electrons. The van der Waals surface area contributed by atoms with Crippen molar-refractivity contribution in [3.8, 4) is 0 Å². The number of hydrogen-bond acceptors (Lipinski definition) is 4. The third kappa shape index (κ3) is 3.45. The van der Waals surface area contributed by atoms with Gasteiger partial charge in [0.05, 0.1) is 0 Å². The van der Waals surface area contributed by atoms with Crippen molar-refractivity contribution in [2.75, 3.05) is 18.0 Å². The molecule has 0 aliphatic carbocycles. The standard InChI is InChI=1S/C12H22N4/c1-5-16(6-2)12-14-10(4)8-11(15-12)7-9(3)13/h8-9H,5-7,13H2,1-4H3. The second-order valence-corrected chi connectivity index (χ2v) is 4.15. The molecule has 0 aliphatic rings. The fraction of sp³-hybridized carbons (Fsp3) is 0.667. The van der Waals surface area contributed by atoms with Crippen LogP contribution in [0.2, 0.25) is 0 Å². The first-order valence-corrected chi connectivity index (χ1v) is 5.91. The Morgan fingerprint density at radius 3 is 2.44 bits per heavy atom. The largest absolute Gasteiger partial charge is 0.341 e. The van der Waals surface area contributed by atoms with E-state index in [4.69, 9.17) is 5.73 Å². The Hall–Kier alpha value is -1.16. The summed E-state index contributed by atoms with van der Waals surface area (Å²) in [5.41, 5.74) is 7.83. The van der Waals surface area contributed by atoms with Crippen LogP contribution in [0.15, 0.2) is 6.07 Å². The Bertz CT molecular complexity index is 332. The highest BCUT2D eigenvalue weighted by molar-refractivity contribution is 5.32. The molecule has 0 saturated carbocycles. The third-order valence-corrected chi connectivity index (χ3v) is 2.47. The van der Waals surface area contributed by atoms with Gasteiger partial charge in [0.15, 0.2) is 0 Å².